The molecule has 1 saturated carbocycles. The van der Waals surface area contributed by atoms with Crippen LogP contribution in [0.5, 0.6) is 11.5 Å². The first kappa shape index (κ1) is 29.1. The summed E-state index contributed by atoms with van der Waals surface area (Å²) in [5.74, 6) is -0.0139. The second-order valence-electron chi connectivity index (χ2n) is 9.31. The van der Waals surface area contributed by atoms with Gasteiger partial charge >= 0.3 is 5.97 Å². The zero-order chi connectivity index (χ0) is 28.1. The third-order valence-electron chi connectivity index (χ3n) is 6.62. The van der Waals surface area contributed by atoms with Gasteiger partial charge in [0.15, 0.2) is 11.5 Å². The summed E-state index contributed by atoms with van der Waals surface area (Å²) in [5.41, 5.74) is 1.85. The number of carbonyl (C=O) groups excluding carboxylic acids is 3. The van der Waals surface area contributed by atoms with Crippen LogP contribution in [0.3, 0.4) is 0 Å². The van der Waals surface area contributed by atoms with Gasteiger partial charge in [0.05, 0.1) is 30.3 Å². The number of benzene rings is 1. The zero-order valence-electron chi connectivity index (χ0n) is 22.5. The highest BCUT2D eigenvalue weighted by molar-refractivity contribution is 8.26. The summed E-state index contributed by atoms with van der Waals surface area (Å²) < 4.78 is 17.2. The van der Waals surface area contributed by atoms with E-state index in [-0.39, 0.29) is 29.5 Å². The molecule has 0 bridgehead atoms. The average molecular weight is 589 g/mol. The van der Waals surface area contributed by atoms with E-state index >= 15 is 0 Å². The fourth-order valence-corrected chi connectivity index (χ4v) is 6.82. The maximum absolute atomic E-state index is 13.2. The van der Waals surface area contributed by atoms with Gasteiger partial charge in [-0.3, -0.25) is 14.5 Å². The van der Waals surface area contributed by atoms with Crippen molar-refractivity contribution in [1.82, 2.24) is 4.90 Å². The number of amides is 2. The Morgan fingerprint density at radius 1 is 1.18 bits per heavy atom. The van der Waals surface area contributed by atoms with Crippen LogP contribution in [0.25, 0.3) is 6.08 Å². The first-order valence-corrected chi connectivity index (χ1v) is 14.9. The molecule has 39 heavy (non-hydrogen) atoms. The second-order valence-corrected chi connectivity index (χ2v) is 12.2. The number of nitrogens with zero attached hydrogens (tertiary/aromatic N) is 1. The molecule has 0 unspecified atom stereocenters. The molecule has 2 heterocycles. The molecule has 1 aromatic heterocycles. The Morgan fingerprint density at radius 3 is 2.62 bits per heavy atom. The van der Waals surface area contributed by atoms with Crippen LogP contribution in [0.1, 0.15) is 65.4 Å². The lowest BCUT2D eigenvalue weighted by Gasteiger charge is -2.24. The number of anilines is 1. The van der Waals surface area contributed by atoms with E-state index in [4.69, 9.17) is 26.4 Å². The van der Waals surface area contributed by atoms with Gasteiger partial charge in [0.1, 0.15) is 15.9 Å². The van der Waals surface area contributed by atoms with Gasteiger partial charge in [0, 0.05) is 4.88 Å². The van der Waals surface area contributed by atoms with Crippen molar-refractivity contribution in [3.05, 3.63) is 44.7 Å². The van der Waals surface area contributed by atoms with E-state index < -0.39 is 11.9 Å². The molecule has 4 rings (SSSR count). The number of thiophene rings is 1. The zero-order valence-corrected chi connectivity index (χ0v) is 24.9. The standard InChI is InChI=1S/C28H32N2O6S3/c1-5-35-27(33)24-16(2)17(3)38-25(24)29-23(31)15-30-26(32)22(39-28(30)37)14-18-11-12-20(21(13-18)34-4)36-19-9-7-6-8-10-19/h11-14,19H,5-10,15H2,1-4H3,(H,29,31)/b22-14-. The number of carbonyl (C=O) groups is 3. The highest BCUT2D eigenvalue weighted by Crippen LogP contribution is 2.37. The van der Waals surface area contributed by atoms with E-state index in [1.165, 1.54) is 35.5 Å². The second kappa shape index (κ2) is 13.0. The van der Waals surface area contributed by atoms with Gasteiger partial charge < -0.3 is 19.5 Å². The molecular formula is C28H32N2O6S3. The third-order valence-corrected chi connectivity index (χ3v) is 9.12. The lowest BCUT2D eigenvalue weighted by atomic mass is 9.98. The molecular weight excluding hydrogens is 557 g/mol. The summed E-state index contributed by atoms with van der Waals surface area (Å²) in [7, 11) is 1.59. The van der Waals surface area contributed by atoms with Crippen molar-refractivity contribution in [2.75, 3.05) is 25.6 Å². The lowest BCUT2D eigenvalue weighted by molar-refractivity contribution is -0.126. The SMILES string of the molecule is CCOC(=O)c1c(NC(=O)CN2C(=O)/C(=C/c3ccc(OC4CCCCC4)c(OC)c3)SC2=S)sc(C)c1C. The number of ether oxygens (including phenoxy) is 3. The van der Waals surface area contributed by atoms with Crippen molar-refractivity contribution < 1.29 is 28.6 Å². The number of rotatable bonds is 9. The predicted molar refractivity (Wildman–Crippen MR) is 159 cm³/mol. The molecule has 0 radical (unpaired) electrons. The minimum atomic E-state index is -0.492. The molecule has 2 aliphatic rings. The van der Waals surface area contributed by atoms with Crippen molar-refractivity contribution >= 4 is 68.5 Å². The van der Waals surface area contributed by atoms with Gasteiger partial charge in [-0.1, -0.05) is 36.5 Å². The highest BCUT2D eigenvalue weighted by atomic mass is 32.2. The van der Waals surface area contributed by atoms with Gasteiger partial charge in [0.2, 0.25) is 5.91 Å². The fraction of sp³-hybridized carbons (Fsp3) is 0.429. The first-order valence-electron chi connectivity index (χ1n) is 12.9. The van der Waals surface area contributed by atoms with Crippen molar-refractivity contribution in [3.63, 3.8) is 0 Å². The third kappa shape index (κ3) is 6.82. The van der Waals surface area contributed by atoms with E-state index in [1.54, 1.807) is 20.1 Å². The number of thioether (sulfide) groups is 1. The van der Waals surface area contributed by atoms with E-state index in [0.29, 0.717) is 27.0 Å². The van der Waals surface area contributed by atoms with Crippen LogP contribution in [0.4, 0.5) is 5.00 Å². The van der Waals surface area contributed by atoms with Crippen LogP contribution in [-0.2, 0) is 14.3 Å². The Kier molecular flexibility index (Phi) is 9.68. The average Bonchev–Trinajstić information content (AvgIpc) is 3.34. The number of hydrogen-bond donors (Lipinski definition) is 1. The van der Waals surface area contributed by atoms with Crippen LogP contribution in [0.15, 0.2) is 23.1 Å². The quantitative estimate of drug-likeness (QED) is 0.213. The molecule has 1 aliphatic heterocycles. The van der Waals surface area contributed by atoms with Crippen molar-refractivity contribution in [1.29, 1.82) is 0 Å². The molecule has 1 N–H and O–H groups in total. The number of thiocarbonyl (C=S) groups is 1. The molecule has 11 heteroatoms. The number of nitrogens with one attached hydrogen (secondary N) is 1. The van der Waals surface area contributed by atoms with Crippen LogP contribution in [0, 0.1) is 13.8 Å². The molecule has 1 aliphatic carbocycles. The van der Waals surface area contributed by atoms with Gasteiger partial charge in [-0.2, -0.15) is 0 Å². The van der Waals surface area contributed by atoms with E-state index in [2.05, 4.69) is 5.32 Å². The molecule has 2 fully saturated rings. The number of hydrogen-bond acceptors (Lipinski definition) is 9. The van der Waals surface area contributed by atoms with E-state index in [1.807, 2.05) is 32.0 Å². The van der Waals surface area contributed by atoms with E-state index in [0.717, 1.165) is 40.6 Å². The van der Waals surface area contributed by atoms with Crippen LogP contribution >= 0.6 is 35.3 Å². The summed E-state index contributed by atoms with van der Waals surface area (Å²) in [6, 6.07) is 5.56. The molecule has 1 saturated heterocycles. The van der Waals surface area contributed by atoms with Crippen molar-refractivity contribution in [3.8, 4) is 11.5 Å². The van der Waals surface area contributed by atoms with Crippen LogP contribution in [0.2, 0.25) is 0 Å². The van der Waals surface area contributed by atoms with Crippen LogP contribution < -0.4 is 14.8 Å². The monoisotopic (exact) mass is 588 g/mol. The largest absolute Gasteiger partial charge is 0.493 e. The fourth-order valence-electron chi connectivity index (χ4n) is 4.50. The summed E-state index contributed by atoms with van der Waals surface area (Å²) in [6.45, 7) is 5.37. The Labute approximate surface area is 242 Å². The number of aryl methyl sites for hydroxylation is 1. The lowest BCUT2D eigenvalue weighted by Crippen LogP contribution is -2.36. The Hall–Kier alpha value is -2.89. The number of methoxy groups -OCH3 is 1. The topological polar surface area (TPSA) is 94.2 Å². The van der Waals surface area contributed by atoms with Gasteiger partial charge in [-0.05, 0) is 75.8 Å². The maximum atomic E-state index is 13.2. The maximum Gasteiger partial charge on any atom is 0.341 e. The minimum absolute atomic E-state index is 0.191. The highest BCUT2D eigenvalue weighted by Gasteiger charge is 2.34. The molecule has 208 valence electrons. The van der Waals surface area contributed by atoms with Crippen molar-refractivity contribution in [2.24, 2.45) is 0 Å². The molecule has 2 aromatic rings. The summed E-state index contributed by atoms with van der Waals surface area (Å²) in [5, 5.41) is 3.16. The predicted octanol–water partition coefficient (Wildman–Crippen LogP) is 6.10. The molecule has 1 aromatic carbocycles. The molecule has 8 nitrogen and oxygen atoms in total. The normalized spacial score (nSPS) is 17.0. The Balaban J connectivity index is 1.44. The Bertz CT molecular complexity index is 1310. The number of esters is 1. The molecule has 0 spiro atoms. The summed E-state index contributed by atoms with van der Waals surface area (Å²) >= 11 is 7.84. The van der Waals surface area contributed by atoms with Gasteiger partial charge in [-0.25, -0.2) is 4.79 Å². The van der Waals surface area contributed by atoms with E-state index in [9.17, 15) is 14.4 Å². The molecule has 2 amide bonds. The molecule has 0 atom stereocenters. The summed E-state index contributed by atoms with van der Waals surface area (Å²) in [6.07, 6.45) is 7.59. The minimum Gasteiger partial charge on any atom is -0.493 e. The van der Waals surface area contributed by atoms with Gasteiger partial charge in [-0.15, -0.1) is 11.3 Å². The Morgan fingerprint density at radius 2 is 1.92 bits per heavy atom. The first-order chi connectivity index (χ1) is 18.7. The summed E-state index contributed by atoms with van der Waals surface area (Å²) in [4.78, 5) is 41.0. The van der Waals surface area contributed by atoms with Crippen LogP contribution in [-0.4, -0.2) is 53.4 Å². The smallest absolute Gasteiger partial charge is 0.341 e. The van der Waals surface area contributed by atoms with Crippen molar-refractivity contribution in [2.45, 2.75) is 59.0 Å². The van der Waals surface area contributed by atoms with Gasteiger partial charge in [0.25, 0.3) is 5.91 Å².